The summed E-state index contributed by atoms with van der Waals surface area (Å²) in [5, 5.41) is 3.48. The van der Waals surface area contributed by atoms with Gasteiger partial charge in [0.15, 0.2) is 11.6 Å². The molecule has 1 fully saturated rings. The second-order valence-corrected chi connectivity index (χ2v) is 7.14. The second-order valence-electron chi connectivity index (χ2n) is 7.14. The van der Waals surface area contributed by atoms with E-state index in [0.717, 1.165) is 6.07 Å². The molecule has 6 nitrogen and oxygen atoms in total. The monoisotopic (exact) mass is 421 g/mol. The van der Waals surface area contributed by atoms with E-state index in [0.29, 0.717) is 19.0 Å². The van der Waals surface area contributed by atoms with E-state index in [1.54, 1.807) is 0 Å². The normalized spacial score (nSPS) is 25.8. The van der Waals surface area contributed by atoms with Crippen molar-refractivity contribution in [3.05, 3.63) is 46.8 Å². The van der Waals surface area contributed by atoms with Crippen molar-refractivity contribution < 1.29 is 31.1 Å². The molecule has 158 valence electrons. The highest BCUT2D eigenvalue weighted by Gasteiger charge is 2.40. The van der Waals surface area contributed by atoms with Gasteiger partial charge in [-0.1, -0.05) is 0 Å². The van der Waals surface area contributed by atoms with Gasteiger partial charge in [0.1, 0.15) is 17.7 Å². The average Bonchev–Trinajstić information content (AvgIpc) is 3.09. The second kappa shape index (κ2) is 7.26. The summed E-state index contributed by atoms with van der Waals surface area (Å²) >= 11 is 0. The Bertz CT molecular complexity index is 916. The summed E-state index contributed by atoms with van der Waals surface area (Å²) in [6.45, 7) is 0.884. The van der Waals surface area contributed by atoms with Gasteiger partial charge in [0, 0.05) is 30.3 Å². The van der Waals surface area contributed by atoms with Gasteiger partial charge in [0.25, 0.3) is 5.82 Å². The van der Waals surface area contributed by atoms with Crippen LogP contribution in [0.25, 0.3) is 0 Å². The highest BCUT2D eigenvalue weighted by atomic mass is 19.4. The molecule has 2 aliphatic rings. The topological polar surface area (TPSA) is 69.2 Å². The standard InChI is InChI=1S/C17H17F6N5O/c18-10-5-12(20)11(19)4-9(10)15-13(24)3-8(7-29-15)27-1-2-28-14(6-27)25-16(26-28)17(21,22)23/h4-5,8,13,15H,1-3,6-7,24H2/t8-,13+,15-/m1/s1. The summed E-state index contributed by atoms with van der Waals surface area (Å²) in [6, 6.07) is 0.230. The Morgan fingerprint density at radius 3 is 2.48 bits per heavy atom. The maximum Gasteiger partial charge on any atom is 0.453 e. The molecule has 29 heavy (non-hydrogen) atoms. The van der Waals surface area contributed by atoms with Crippen molar-refractivity contribution in [1.82, 2.24) is 19.7 Å². The lowest BCUT2D eigenvalue weighted by Crippen LogP contribution is -2.51. The summed E-state index contributed by atoms with van der Waals surface area (Å²) in [6.07, 6.45) is -5.23. The van der Waals surface area contributed by atoms with E-state index in [1.165, 1.54) is 4.68 Å². The summed E-state index contributed by atoms with van der Waals surface area (Å²) in [5.41, 5.74) is 5.94. The number of hydrogen-bond donors (Lipinski definition) is 1. The zero-order chi connectivity index (χ0) is 20.9. The van der Waals surface area contributed by atoms with Crippen LogP contribution in [0, 0.1) is 17.5 Å². The smallest absolute Gasteiger partial charge is 0.370 e. The Kier molecular flexibility index (Phi) is 5.03. The van der Waals surface area contributed by atoms with E-state index in [-0.39, 0.29) is 37.1 Å². The number of nitrogens with zero attached hydrogens (tertiary/aromatic N) is 4. The summed E-state index contributed by atoms with van der Waals surface area (Å²) in [5.74, 6) is -4.45. The Labute approximate surface area is 161 Å². The molecule has 1 aromatic carbocycles. The minimum Gasteiger partial charge on any atom is -0.370 e. The fourth-order valence-corrected chi connectivity index (χ4v) is 3.76. The third-order valence-corrected chi connectivity index (χ3v) is 5.21. The molecule has 0 amide bonds. The number of fused-ring (bicyclic) bond motifs is 1. The number of nitrogens with two attached hydrogens (primary N) is 1. The molecule has 0 unspecified atom stereocenters. The molecule has 2 N–H and O–H groups in total. The van der Waals surface area contributed by atoms with Crippen molar-refractivity contribution in [1.29, 1.82) is 0 Å². The minimum absolute atomic E-state index is 0.108. The quantitative estimate of drug-likeness (QED) is 0.596. The van der Waals surface area contributed by atoms with Crippen LogP contribution in [0.3, 0.4) is 0 Å². The third kappa shape index (κ3) is 3.83. The first-order chi connectivity index (χ1) is 13.6. The van der Waals surface area contributed by atoms with Crippen molar-refractivity contribution >= 4 is 0 Å². The van der Waals surface area contributed by atoms with Crippen molar-refractivity contribution in [2.45, 2.75) is 43.9 Å². The molecule has 0 saturated carbocycles. The average molecular weight is 421 g/mol. The molecule has 0 aliphatic carbocycles. The number of halogens is 6. The van der Waals surface area contributed by atoms with Gasteiger partial charge >= 0.3 is 6.18 Å². The van der Waals surface area contributed by atoms with Gasteiger partial charge in [0.2, 0.25) is 0 Å². The molecule has 3 atom stereocenters. The molecule has 0 radical (unpaired) electrons. The predicted octanol–water partition coefficient (Wildman–Crippen LogP) is 2.39. The number of benzene rings is 1. The highest BCUT2D eigenvalue weighted by Crippen LogP contribution is 2.33. The molecule has 1 saturated heterocycles. The third-order valence-electron chi connectivity index (χ3n) is 5.21. The number of aromatic nitrogens is 3. The first-order valence-corrected chi connectivity index (χ1v) is 8.90. The van der Waals surface area contributed by atoms with Crippen molar-refractivity contribution in [2.24, 2.45) is 5.73 Å². The van der Waals surface area contributed by atoms with Crippen LogP contribution in [0.15, 0.2) is 12.1 Å². The van der Waals surface area contributed by atoms with Gasteiger partial charge in [-0.25, -0.2) is 22.8 Å². The largest absolute Gasteiger partial charge is 0.453 e. The maximum atomic E-state index is 14.0. The van der Waals surface area contributed by atoms with Crippen molar-refractivity contribution in [2.75, 3.05) is 13.2 Å². The minimum atomic E-state index is -4.62. The van der Waals surface area contributed by atoms with Crippen LogP contribution in [0.4, 0.5) is 26.3 Å². The number of ether oxygens (including phenoxy) is 1. The highest BCUT2D eigenvalue weighted by molar-refractivity contribution is 5.24. The maximum absolute atomic E-state index is 14.0. The van der Waals surface area contributed by atoms with Gasteiger partial charge in [0.05, 0.1) is 19.7 Å². The van der Waals surface area contributed by atoms with E-state index in [9.17, 15) is 26.3 Å². The Hall–Kier alpha value is -2.18. The summed E-state index contributed by atoms with van der Waals surface area (Å²) in [7, 11) is 0. The Morgan fingerprint density at radius 1 is 1.07 bits per heavy atom. The SMILES string of the molecule is N[C@H]1C[C@@H](N2CCn3nc(C(F)(F)F)nc3C2)CO[C@@H]1c1cc(F)c(F)cc1F. The van der Waals surface area contributed by atoms with E-state index < -0.39 is 41.6 Å². The number of alkyl halides is 3. The Morgan fingerprint density at radius 2 is 1.79 bits per heavy atom. The van der Waals surface area contributed by atoms with Crippen LogP contribution < -0.4 is 5.73 Å². The van der Waals surface area contributed by atoms with Crippen molar-refractivity contribution in [3.63, 3.8) is 0 Å². The number of rotatable bonds is 2. The molecule has 3 heterocycles. The van der Waals surface area contributed by atoms with Crippen LogP contribution >= 0.6 is 0 Å². The van der Waals surface area contributed by atoms with Gasteiger partial charge < -0.3 is 10.5 Å². The van der Waals surface area contributed by atoms with Crippen molar-refractivity contribution in [3.8, 4) is 0 Å². The zero-order valence-electron chi connectivity index (χ0n) is 15.0. The van der Waals surface area contributed by atoms with E-state index in [2.05, 4.69) is 10.1 Å². The van der Waals surface area contributed by atoms with Gasteiger partial charge in [-0.3, -0.25) is 4.90 Å². The molecule has 0 bridgehead atoms. The fraction of sp³-hybridized carbons (Fsp3) is 0.529. The Balaban J connectivity index is 1.46. The molecule has 4 rings (SSSR count). The summed E-state index contributed by atoms with van der Waals surface area (Å²) in [4.78, 5) is 5.44. The number of hydrogen-bond acceptors (Lipinski definition) is 5. The van der Waals surface area contributed by atoms with E-state index in [1.807, 2.05) is 4.90 Å². The molecule has 1 aromatic heterocycles. The zero-order valence-corrected chi connectivity index (χ0v) is 15.0. The van der Waals surface area contributed by atoms with Gasteiger partial charge in [-0.05, 0) is 12.5 Å². The molecule has 2 aliphatic heterocycles. The first-order valence-electron chi connectivity index (χ1n) is 8.90. The van der Waals surface area contributed by atoms with E-state index >= 15 is 0 Å². The lowest BCUT2D eigenvalue weighted by Gasteiger charge is -2.41. The molecule has 2 aromatic rings. The molecular formula is C17H17F6N5O. The van der Waals surface area contributed by atoms with Crippen LogP contribution in [-0.2, 0) is 24.0 Å². The van der Waals surface area contributed by atoms with Crippen LogP contribution in [0.5, 0.6) is 0 Å². The predicted molar refractivity (Wildman–Crippen MR) is 86.8 cm³/mol. The van der Waals surface area contributed by atoms with Crippen LogP contribution in [0.2, 0.25) is 0 Å². The molecular weight excluding hydrogens is 404 g/mol. The lowest BCUT2D eigenvalue weighted by molar-refractivity contribution is -0.145. The van der Waals surface area contributed by atoms with Gasteiger partial charge in [-0.15, -0.1) is 5.10 Å². The first kappa shape index (κ1) is 20.1. The fourth-order valence-electron chi connectivity index (χ4n) is 3.76. The molecule has 0 spiro atoms. The van der Waals surface area contributed by atoms with Crippen LogP contribution in [0.1, 0.15) is 29.7 Å². The van der Waals surface area contributed by atoms with Crippen LogP contribution in [-0.4, -0.2) is 44.9 Å². The van der Waals surface area contributed by atoms with Gasteiger partial charge in [-0.2, -0.15) is 13.2 Å². The lowest BCUT2D eigenvalue weighted by atomic mass is 9.93. The van der Waals surface area contributed by atoms with E-state index in [4.69, 9.17) is 10.5 Å². The molecule has 12 heteroatoms. The summed E-state index contributed by atoms with van der Waals surface area (Å²) < 4.78 is 85.9.